The second kappa shape index (κ2) is 6.93. The summed E-state index contributed by atoms with van der Waals surface area (Å²) in [5.74, 6) is 0.655. The van der Waals surface area contributed by atoms with Gasteiger partial charge in [-0.05, 0) is 0 Å². The molecule has 0 amide bonds. The first-order valence-electron chi connectivity index (χ1n) is 2.42. The number of hydrogen-bond donors (Lipinski definition) is 5. The molecule has 7 heteroatoms. The summed E-state index contributed by atoms with van der Waals surface area (Å²) in [5.41, 5.74) is 0. The van der Waals surface area contributed by atoms with Crippen LogP contribution in [0.5, 0.6) is 0 Å². The highest BCUT2D eigenvalue weighted by Crippen LogP contribution is 1.89. The van der Waals surface area contributed by atoms with E-state index in [4.69, 9.17) is 20.5 Å². The smallest absolute Gasteiger partial charge is 0.333 e. The molecule has 0 spiro atoms. The van der Waals surface area contributed by atoms with Gasteiger partial charge in [0, 0.05) is 0 Å². The molecule has 0 aromatic rings. The van der Waals surface area contributed by atoms with Gasteiger partial charge in [-0.2, -0.15) is 0 Å². The van der Waals surface area contributed by atoms with Crippen molar-refractivity contribution in [2.45, 2.75) is 12.5 Å². The molecule has 0 bridgehead atoms. The maximum absolute atomic E-state index is 9.72. The largest absolute Gasteiger partial charge is 0.481 e. The van der Waals surface area contributed by atoms with Gasteiger partial charge in [0.2, 0.25) is 0 Å². The maximum Gasteiger partial charge on any atom is 0.333 e. The first-order valence-corrected chi connectivity index (χ1v) is 2.42. The number of aliphatic hydroxyl groups is 1. The molecule has 0 saturated heterocycles. The van der Waals surface area contributed by atoms with E-state index in [-0.39, 0.29) is 0 Å². The fraction of sp³-hybridized carbons (Fsp3) is 0.500. The van der Waals surface area contributed by atoms with Crippen LogP contribution in [0, 0.1) is 0 Å². The number of carboxylic acids is 2. The standard InChI is InChI=1S/C4H6O5.H3NO/c5-2(4(8)9)1-3(6)7;1-2/h2,5H,1H2,(H,6,7)(H,8,9);2H,1H2. The van der Waals surface area contributed by atoms with Crippen LogP contribution in [-0.2, 0) is 9.59 Å². The van der Waals surface area contributed by atoms with E-state index >= 15 is 0 Å². The summed E-state index contributed by atoms with van der Waals surface area (Å²) in [5, 5.41) is 30.6. The van der Waals surface area contributed by atoms with Crippen molar-refractivity contribution < 1.29 is 30.1 Å². The molecular formula is C4H9NO6. The van der Waals surface area contributed by atoms with E-state index in [2.05, 4.69) is 5.90 Å². The highest BCUT2D eigenvalue weighted by Gasteiger charge is 2.16. The Labute approximate surface area is 61.6 Å². The molecule has 0 aromatic heterocycles. The summed E-state index contributed by atoms with van der Waals surface area (Å²) in [6.07, 6.45) is -2.54. The van der Waals surface area contributed by atoms with Gasteiger partial charge in [0.1, 0.15) is 0 Å². The molecule has 1 unspecified atom stereocenters. The van der Waals surface area contributed by atoms with Crippen LogP contribution in [0.1, 0.15) is 6.42 Å². The zero-order valence-corrected chi connectivity index (χ0v) is 5.47. The van der Waals surface area contributed by atoms with Crippen LogP contribution in [0.25, 0.3) is 0 Å². The van der Waals surface area contributed by atoms with Crippen molar-refractivity contribution in [2.24, 2.45) is 5.90 Å². The van der Waals surface area contributed by atoms with E-state index in [1.807, 2.05) is 0 Å². The van der Waals surface area contributed by atoms with Crippen molar-refractivity contribution in [3.8, 4) is 0 Å². The number of aliphatic hydroxyl groups excluding tert-OH is 1. The minimum Gasteiger partial charge on any atom is -0.481 e. The molecule has 1 atom stereocenters. The van der Waals surface area contributed by atoms with E-state index < -0.39 is 24.5 Å². The van der Waals surface area contributed by atoms with Gasteiger partial charge >= 0.3 is 11.9 Å². The van der Waals surface area contributed by atoms with E-state index in [0.29, 0.717) is 0 Å². The summed E-state index contributed by atoms with van der Waals surface area (Å²) in [4.78, 5) is 19.4. The lowest BCUT2D eigenvalue weighted by atomic mass is 10.3. The van der Waals surface area contributed by atoms with Gasteiger partial charge < -0.3 is 20.5 Å². The van der Waals surface area contributed by atoms with Crippen LogP contribution in [0.2, 0.25) is 0 Å². The predicted molar refractivity (Wildman–Crippen MR) is 31.9 cm³/mol. The van der Waals surface area contributed by atoms with E-state index in [1.54, 1.807) is 0 Å². The highest BCUT2D eigenvalue weighted by atomic mass is 16.4. The Hall–Kier alpha value is -1.18. The van der Waals surface area contributed by atoms with E-state index in [0.717, 1.165) is 0 Å². The van der Waals surface area contributed by atoms with Crippen molar-refractivity contribution in [3.63, 3.8) is 0 Å². The lowest BCUT2D eigenvalue weighted by molar-refractivity contribution is -0.152. The molecule has 0 aliphatic carbocycles. The van der Waals surface area contributed by atoms with Crippen molar-refractivity contribution in [1.82, 2.24) is 0 Å². The zero-order chi connectivity index (χ0) is 9.44. The molecular weight excluding hydrogens is 158 g/mol. The first kappa shape index (κ1) is 12.5. The quantitative estimate of drug-likeness (QED) is 0.313. The Bertz CT molecular complexity index is 135. The SMILES string of the molecule is NO.O=C(O)CC(O)C(=O)O. The second-order valence-corrected chi connectivity index (χ2v) is 1.45. The average Bonchev–Trinajstić information content (AvgIpc) is 1.90. The number of hydrogen-bond acceptors (Lipinski definition) is 5. The molecule has 0 radical (unpaired) electrons. The Morgan fingerprint density at radius 2 is 1.64 bits per heavy atom. The number of carbonyl (C=O) groups is 2. The maximum atomic E-state index is 9.72. The van der Waals surface area contributed by atoms with Gasteiger partial charge in [-0.1, -0.05) is 0 Å². The molecule has 0 fully saturated rings. The normalized spacial score (nSPS) is 10.8. The van der Waals surface area contributed by atoms with E-state index in [1.165, 1.54) is 0 Å². The Kier molecular flexibility index (Phi) is 7.87. The summed E-state index contributed by atoms with van der Waals surface area (Å²) in [7, 11) is 0. The molecule has 7 nitrogen and oxygen atoms in total. The van der Waals surface area contributed by atoms with Crippen molar-refractivity contribution in [1.29, 1.82) is 0 Å². The summed E-state index contributed by atoms with van der Waals surface area (Å²) >= 11 is 0. The number of nitrogens with two attached hydrogens (primary N) is 1. The highest BCUT2D eigenvalue weighted by molar-refractivity contribution is 5.79. The van der Waals surface area contributed by atoms with Crippen LogP contribution in [0.15, 0.2) is 0 Å². The molecule has 0 aromatic carbocycles. The third kappa shape index (κ3) is 8.82. The summed E-state index contributed by atoms with van der Waals surface area (Å²) < 4.78 is 0. The van der Waals surface area contributed by atoms with Gasteiger partial charge in [-0.25, -0.2) is 10.7 Å². The zero-order valence-electron chi connectivity index (χ0n) is 5.47. The monoisotopic (exact) mass is 167 g/mol. The number of rotatable bonds is 3. The van der Waals surface area contributed by atoms with Crippen LogP contribution in [-0.4, -0.2) is 38.6 Å². The van der Waals surface area contributed by atoms with Crippen molar-refractivity contribution in [3.05, 3.63) is 0 Å². The topological polar surface area (TPSA) is 141 Å². The molecule has 0 rings (SSSR count). The molecule has 6 N–H and O–H groups in total. The summed E-state index contributed by atoms with van der Waals surface area (Å²) in [6, 6.07) is 0. The van der Waals surface area contributed by atoms with Crippen LogP contribution in [0.3, 0.4) is 0 Å². The number of carboxylic acid groups (broad SMARTS) is 2. The third-order valence-electron chi connectivity index (χ3n) is 0.653. The van der Waals surface area contributed by atoms with Gasteiger partial charge in [-0.3, -0.25) is 4.79 Å². The average molecular weight is 167 g/mol. The molecule has 0 aliphatic heterocycles. The van der Waals surface area contributed by atoms with Crippen LogP contribution in [0.4, 0.5) is 0 Å². The molecule has 0 saturated carbocycles. The number of aliphatic carboxylic acids is 2. The molecule has 0 heterocycles. The van der Waals surface area contributed by atoms with Crippen molar-refractivity contribution in [2.75, 3.05) is 0 Å². The lowest BCUT2D eigenvalue weighted by Crippen LogP contribution is -2.22. The Morgan fingerprint density at radius 1 is 1.27 bits per heavy atom. The fourth-order valence-corrected chi connectivity index (χ4v) is 0.253. The minimum atomic E-state index is -1.79. The second-order valence-electron chi connectivity index (χ2n) is 1.45. The Balaban J connectivity index is 0. The fourth-order valence-electron chi connectivity index (χ4n) is 0.253. The first-order chi connectivity index (χ1) is 5.04. The molecule has 11 heavy (non-hydrogen) atoms. The van der Waals surface area contributed by atoms with Gasteiger partial charge in [0.15, 0.2) is 6.10 Å². The Morgan fingerprint density at radius 3 is 1.73 bits per heavy atom. The van der Waals surface area contributed by atoms with Crippen LogP contribution < -0.4 is 5.90 Å². The molecule has 66 valence electrons. The van der Waals surface area contributed by atoms with Crippen molar-refractivity contribution >= 4 is 11.9 Å². The third-order valence-corrected chi connectivity index (χ3v) is 0.653. The minimum absolute atomic E-state index is 0.755. The molecule has 0 aliphatic rings. The van der Waals surface area contributed by atoms with Gasteiger partial charge in [0.25, 0.3) is 0 Å². The van der Waals surface area contributed by atoms with Gasteiger partial charge in [0.05, 0.1) is 6.42 Å². The van der Waals surface area contributed by atoms with Crippen LogP contribution >= 0.6 is 0 Å². The lowest BCUT2D eigenvalue weighted by Gasteiger charge is -1.97. The van der Waals surface area contributed by atoms with E-state index in [9.17, 15) is 9.59 Å². The van der Waals surface area contributed by atoms with Gasteiger partial charge in [-0.15, -0.1) is 0 Å². The predicted octanol–water partition coefficient (Wildman–Crippen LogP) is -1.76. The summed E-state index contributed by atoms with van der Waals surface area (Å²) in [6.45, 7) is 0.